The van der Waals surface area contributed by atoms with Crippen molar-refractivity contribution >= 4 is 27.5 Å². The highest BCUT2D eigenvalue weighted by molar-refractivity contribution is 7.92. The Morgan fingerprint density at radius 2 is 1.55 bits per heavy atom. The number of carbonyl (C=O) groups excluding carboxylic acids is 2. The summed E-state index contributed by atoms with van der Waals surface area (Å²) < 4.78 is 26.3. The third-order valence-corrected chi connectivity index (χ3v) is 6.73. The molecule has 0 radical (unpaired) electrons. The first-order valence-electron chi connectivity index (χ1n) is 10.9. The molecule has 0 saturated heterocycles. The summed E-state index contributed by atoms with van der Waals surface area (Å²) in [6.45, 7) is 9.60. The van der Waals surface area contributed by atoms with E-state index >= 15 is 0 Å². The molecule has 180 valence electrons. The lowest BCUT2D eigenvalue weighted by atomic mass is 9.87. The molecule has 0 aliphatic carbocycles. The first-order valence-corrected chi connectivity index (χ1v) is 12.7. The molecule has 1 N–H and O–H groups in total. The number of amides is 2. The highest BCUT2D eigenvalue weighted by atomic mass is 32.2. The van der Waals surface area contributed by atoms with Crippen molar-refractivity contribution in [3.8, 4) is 0 Å². The van der Waals surface area contributed by atoms with E-state index in [9.17, 15) is 18.0 Å². The predicted octanol–water partition coefficient (Wildman–Crippen LogP) is 3.22. The molecule has 0 spiro atoms. The van der Waals surface area contributed by atoms with E-state index in [1.165, 1.54) is 11.9 Å². The quantitative estimate of drug-likeness (QED) is 0.638. The molecule has 0 heterocycles. The van der Waals surface area contributed by atoms with E-state index in [1.807, 2.05) is 43.3 Å². The number of rotatable bonds is 8. The van der Waals surface area contributed by atoms with Crippen LogP contribution in [-0.4, -0.2) is 51.0 Å². The van der Waals surface area contributed by atoms with E-state index in [2.05, 4.69) is 26.1 Å². The average Bonchev–Trinajstić information content (AvgIpc) is 2.74. The summed E-state index contributed by atoms with van der Waals surface area (Å²) in [6, 6.07) is 14.0. The van der Waals surface area contributed by atoms with Gasteiger partial charge in [0.2, 0.25) is 21.8 Å². The van der Waals surface area contributed by atoms with Gasteiger partial charge in [-0.3, -0.25) is 13.9 Å². The molecule has 0 bridgehead atoms. The van der Waals surface area contributed by atoms with Crippen LogP contribution in [0.4, 0.5) is 5.69 Å². The van der Waals surface area contributed by atoms with Crippen molar-refractivity contribution in [2.24, 2.45) is 0 Å². The zero-order valence-electron chi connectivity index (χ0n) is 20.5. The van der Waals surface area contributed by atoms with Gasteiger partial charge in [0.1, 0.15) is 12.6 Å². The molecular formula is C25H35N3O4S. The van der Waals surface area contributed by atoms with Gasteiger partial charge in [-0.15, -0.1) is 0 Å². The number of aryl methyl sites for hydroxylation is 1. The Hall–Kier alpha value is -2.87. The predicted molar refractivity (Wildman–Crippen MR) is 133 cm³/mol. The van der Waals surface area contributed by atoms with Crippen LogP contribution >= 0.6 is 0 Å². The molecule has 0 saturated carbocycles. The van der Waals surface area contributed by atoms with Crippen molar-refractivity contribution in [3.63, 3.8) is 0 Å². The second-order valence-electron chi connectivity index (χ2n) is 9.36. The van der Waals surface area contributed by atoms with Gasteiger partial charge >= 0.3 is 0 Å². The number of carbonyl (C=O) groups is 2. The molecule has 0 unspecified atom stereocenters. The smallest absolute Gasteiger partial charge is 0.244 e. The van der Waals surface area contributed by atoms with Gasteiger partial charge in [0, 0.05) is 13.6 Å². The molecule has 7 nitrogen and oxygen atoms in total. The minimum absolute atomic E-state index is 0.0853. The Labute approximate surface area is 197 Å². The van der Waals surface area contributed by atoms with Crippen molar-refractivity contribution < 1.29 is 18.0 Å². The number of benzene rings is 2. The molecule has 2 aromatic carbocycles. The number of anilines is 1. The number of nitrogens with one attached hydrogen (secondary N) is 1. The molecule has 2 amide bonds. The second kappa shape index (κ2) is 10.4. The molecule has 33 heavy (non-hydrogen) atoms. The van der Waals surface area contributed by atoms with Crippen LogP contribution in [0.15, 0.2) is 48.5 Å². The Morgan fingerprint density at radius 1 is 1.00 bits per heavy atom. The summed E-state index contributed by atoms with van der Waals surface area (Å²) >= 11 is 0. The SMILES string of the molecule is CNC(=O)[C@H](C)N(Cc1ccc(C)cc1)C(=O)CN(c1ccc(C(C)(C)C)cc1)S(C)(=O)=O. The fourth-order valence-electron chi connectivity index (χ4n) is 3.42. The van der Waals surface area contributed by atoms with Crippen LogP contribution in [0.5, 0.6) is 0 Å². The van der Waals surface area contributed by atoms with Gasteiger partial charge in [-0.1, -0.05) is 62.7 Å². The Morgan fingerprint density at radius 3 is 2.00 bits per heavy atom. The van der Waals surface area contributed by atoms with Gasteiger partial charge in [-0.25, -0.2) is 8.42 Å². The minimum Gasteiger partial charge on any atom is -0.357 e. The second-order valence-corrected chi connectivity index (χ2v) is 11.3. The lowest BCUT2D eigenvalue weighted by Gasteiger charge is -2.31. The van der Waals surface area contributed by atoms with Crippen LogP contribution in [0.3, 0.4) is 0 Å². The summed E-state index contributed by atoms with van der Waals surface area (Å²) in [5.74, 6) is -0.784. The highest BCUT2D eigenvalue weighted by Gasteiger charge is 2.29. The van der Waals surface area contributed by atoms with Gasteiger partial charge in [-0.2, -0.15) is 0 Å². The van der Waals surface area contributed by atoms with Crippen LogP contribution in [0.25, 0.3) is 0 Å². The minimum atomic E-state index is -3.74. The van der Waals surface area contributed by atoms with Crippen LogP contribution in [-0.2, 0) is 31.6 Å². The largest absolute Gasteiger partial charge is 0.357 e. The summed E-state index contributed by atoms with van der Waals surface area (Å²) in [7, 11) is -2.23. The van der Waals surface area contributed by atoms with Crippen molar-refractivity contribution in [2.45, 2.75) is 52.6 Å². The number of likely N-dealkylation sites (N-methyl/N-ethyl adjacent to an activating group) is 1. The standard InChI is InChI=1S/C25H35N3O4S/c1-18-8-10-20(11-9-18)16-27(19(2)24(30)26-6)23(29)17-28(33(7,31)32)22-14-12-21(13-15-22)25(3,4)5/h8-15,19H,16-17H2,1-7H3,(H,26,30)/t19-/m0/s1. The Kier molecular flexibility index (Phi) is 8.30. The molecule has 2 aromatic rings. The number of hydrogen-bond donors (Lipinski definition) is 1. The van der Waals surface area contributed by atoms with Crippen LogP contribution < -0.4 is 9.62 Å². The highest BCUT2D eigenvalue weighted by Crippen LogP contribution is 2.26. The van der Waals surface area contributed by atoms with E-state index in [-0.39, 0.29) is 17.9 Å². The molecule has 0 aliphatic heterocycles. The van der Waals surface area contributed by atoms with Crippen LogP contribution in [0.2, 0.25) is 0 Å². The Bertz CT molecular complexity index is 1070. The van der Waals surface area contributed by atoms with E-state index in [1.54, 1.807) is 19.1 Å². The number of nitrogens with zero attached hydrogens (tertiary/aromatic N) is 2. The average molecular weight is 474 g/mol. The van der Waals surface area contributed by atoms with Gasteiger partial charge in [0.05, 0.1) is 11.9 Å². The van der Waals surface area contributed by atoms with Gasteiger partial charge < -0.3 is 10.2 Å². The third-order valence-electron chi connectivity index (χ3n) is 5.59. The maximum Gasteiger partial charge on any atom is 0.244 e. The van der Waals surface area contributed by atoms with Crippen molar-refractivity contribution in [3.05, 3.63) is 65.2 Å². The van der Waals surface area contributed by atoms with E-state index in [0.717, 1.165) is 27.3 Å². The lowest BCUT2D eigenvalue weighted by molar-refractivity contribution is -0.139. The number of hydrogen-bond acceptors (Lipinski definition) is 4. The Balaban J connectivity index is 2.37. The van der Waals surface area contributed by atoms with Gasteiger partial charge in [-0.05, 0) is 42.5 Å². The van der Waals surface area contributed by atoms with Crippen molar-refractivity contribution in [1.29, 1.82) is 0 Å². The fourth-order valence-corrected chi connectivity index (χ4v) is 4.27. The van der Waals surface area contributed by atoms with Crippen LogP contribution in [0.1, 0.15) is 44.4 Å². The maximum atomic E-state index is 13.4. The maximum absolute atomic E-state index is 13.4. The van der Waals surface area contributed by atoms with E-state index in [0.29, 0.717) is 5.69 Å². The van der Waals surface area contributed by atoms with Gasteiger partial charge in [0.25, 0.3) is 0 Å². The monoisotopic (exact) mass is 473 g/mol. The zero-order chi connectivity index (χ0) is 25.0. The van der Waals surface area contributed by atoms with E-state index in [4.69, 9.17) is 0 Å². The van der Waals surface area contributed by atoms with Crippen molar-refractivity contribution in [2.75, 3.05) is 24.2 Å². The topological polar surface area (TPSA) is 86.8 Å². The molecule has 0 aliphatic rings. The summed E-state index contributed by atoms with van der Waals surface area (Å²) in [5.41, 5.74) is 3.31. The molecule has 8 heteroatoms. The molecule has 0 fully saturated rings. The first kappa shape index (κ1) is 26.4. The normalized spacial score (nSPS) is 12.7. The lowest BCUT2D eigenvalue weighted by Crippen LogP contribution is -2.50. The zero-order valence-corrected chi connectivity index (χ0v) is 21.4. The molecular weight excluding hydrogens is 438 g/mol. The first-order chi connectivity index (χ1) is 15.2. The molecule has 1 atom stereocenters. The summed E-state index contributed by atoms with van der Waals surface area (Å²) in [4.78, 5) is 27.1. The summed E-state index contributed by atoms with van der Waals surface area (Å²) in [6.07, 6.45) is 1.07. The third kappa shape index (κ3) is 7.05. The molecule has 2 rings (SSSR count). The number of sulfonamides is 1. The van der Waals surface area contributed by atoms with E-state index < -0.39 is 28.5 Å². The summed E-state index contributed by atoms with van der Waals surface area (Å²) in [5, 5.41) is 2.57. The van der Waals surface area contributed by atoms with Crippen molar-refractivity contribution in [1.82, 2.24) is 10.2 Å². The molecule has 0 aromatic heterocycles. The van der Waals surface area contributed by atoms with Crippen LogP contribution in [0, 0.1) is 6.92 Å². The fraction of sp³-hybridized carbons (Fsp3) is 0.440. The van der Waals surface area contributed by atoms with Gasteiger partial charge in [0.15, 0.2) is 0 Å².